The molecule has 1 fully saturated rings. The molecule has 0 aromatic carbocycles. The van der Waals surface area contributed by atoms with E-state index in [1.54, 1.807) is 11.8 Å². The molecule has 1 saturated heterocycles. The molecule has 0 aliphatic carbocycles. The first-order valence-corrected chi connectivity index (χ1v) is 8.06. The number of nitrogens with one attached hydrogen (secondary N) is 1. The van der Waals surface area contributed by atoms with Crippen molar-refractivity contribution in [2.75, 3.05) is 25.1 Å². The van der Waals surface area contributed by atoms with Crippen LogP contribution in [0.25, 0.3) is 0 Å². The minimum Gasteiger partial charge on any atom is -0.344 e. The molecule has 0 aromatic rings. The first-order chi connectivity index (χ1) is 8.60. The maximum Gasteiger partial charge on any atom is 0.245 e. The van der Waals surface area contributed by atoms with Crippen LogP contribution in [0.15, 0.2) is 0 Å². The number of rotatable bonds is 6. The second-order valence-corrected chi connectivity index (χ2v) is 5.84. The topological polar surface area (TPSA) is 49.4 Å². The maximum atomic E-state index is 12.4. The van der Waals surface area contributed by atoms with Gasteiger partial charge >= 0.3 is 0 Å². The molecule has 1 aliphatic rings. The van der Waals surface area contributed by atoms with Crippen molar-refractivity contribution in [3.05, 3.63) is 0 Å². The standard InChI is InChI=1S/C13H24N2O2S/c1-4-10(2)12-13(17)15(7-5-9-18-3)8-6-11(16)14-12/h10,12H,4-9H2,1-3H3,(H,14,16). The summed E-state index contributed by atoms with van der Waals surface area (Å²) in [7, 11) is 0. The summed E-state index contributed by atoms with van der Waals surface area (Å²) < 4.78 is 0. The molecular weight excluding hydrogens is 248 g/mol. The van der Waals surface area contributed by atoms with E-state index in [2.05, 4.69) is 11.6 Å². The van der Waals surface area contributed by atoms with E-state index in [-0.39, 0.29) is 23.8 Å². The molecule has 2 amide bonds. The van der Waals surface area contributed by atoms with Crippen LogP contribution in [0.5, 0.6) is 0 Å². The van der Waals surface area contributed by atoms with Gasteiger partial charge in [0, 0.05) is 19.5 Å². The van der Waals surface area contributed by atoms with Crippen molar-refractivity contribution in [1.82, 2.24) is 10.2 Å². The van der Waals surface area contributed by atoms with Crippen LogP contribution < -0.4 is 5.32 Å². The van der Waals surface area contributed by atoms with Gasteiger partial charge in [-0.05, 0) is 24.3 Å². The van der Waals surface area contributed by atoms with Crippen molar-refractivity contribution in [2.45, 2.75) is 39.2 Å². The summed E-state index contributed by atoms with van der Waals surface area (Å²) in [5.74, 6) is 1.35. The highest BCUT2D eigenvalue weighted by Crippen LogP contribution is 2.14. The molecule has 1 heterocycles. The van der Waals surface area contributed by atoms with Crippen LogP contribution in [0.2, 0.25) is 0 Å². The fourth-order valence-corrected chi connectivity index (χ4v) is 2.51. The van der Waals surface area contributed by atoms with Gasteiger partial charge in [-0.25, -0.2) is 0 Å². The van der Waals surface area contributed by atoms with E-state index in [4.69, 9.17) is 0 Å². The molecule has 2 atom stereocenters. The van der Waals surface area contributed by atoms with E-state index in [1.807, 2.05) is 18.7 Å². The zero-order valence-corrected chi connectivity index (χ0v) is 12.4. The number of carbonyl (C=O) groups is 2. The van der Waals surface area contributed by atoms with Crippen molar-refractivity contribution in [3.8, 4) is 0 Å². The SMILES string of the molecule is CCC(C)C1NC(=O)CCN(CCCSC)C1=O. The van der Waals surface area contributed by atoms with Crippen LogP contribution in [0.4, 0.5) is 0 Å². The highest BCUT2D eigenvalue weighted by Gasteiger charge is 2.32. The van der Waals surface area contributed by atoms with Gasteiger partial charge < -0.3 is 10.2 Å². The van der Waals surface area contributed by atoms with Crippen LogP contribution in [0.3, 0.4) is 0 Å². The quantitative estimate of drug-likeness (QED) is 0.746. The number of amides is 2. The van der Waals surface area contributed by atoms with Gasteiger partial charge in [-0.15, -0.1) is 0 Å². The molecule has 0 bridgehead atoms. The summed E-state index contributed by atoms with van der Waals surface area (Å²) in [6, 6.07) is -0.334. The zero-order chi connectivity index (χ0) is 13.5. The van der Waals surface area contributed by atoms with Crippen LogP contribution in [-0.4, -0.2) is 47.9 Å². The predicted molar refractivity (Wildman–Crippen MR) is 75.6 cm³/mol. The number of carbonyl (C=O) groups excluding carboxylic acids is 2. The third kappa shape index (κ3) is 4.19. The molecule has 104 valence electrons. The van der Waals surface area contributed by atoms with Crippen LogP contribution in [0, 0.1) is 5.92 Å². The van der Waals surface area contributed by atoms with Crippen LogP contribution in [0.1, 0.15) is 33.1 Å². The minimum absolute atomic E-state index is 0.000941. The summed E-state index contributed by atoms with van der Waals surface area (Å²) in [5.41, 5.74) is 0. The van der Waals surface area contributed by atoms with Gasteiger partial charge in [-0.1, -0.05) is 20.3 Å². The Morgan fingerprint density at radius 3 is 2.83 bits per heavy atom. The van der Waals surface area contributed by atoms with Crippen molar-refractivity contribution >= 4 is 23.6 Å². The fraction of sp³-hybridized carbons (Fsp3) is 0.846. The molecule has 0 radical (unpaired) electrons. The second-order valence-electron chi connectivity index (χ2n) is 4.85. The Labute approximate surface area is 114 Å². The number of thioether (sulfide) groups is 1. The third-order valence-electron chi connectivity index (χ3n) is 3.49. The number of hydrogen-bond acceptors (Lipinski definition) is 3. The predicted octanol–water partition coefficient (Wildman–Crippen LogP) is 1.50. The molecule has 0 aromatic heterocycles. The Kier molecular flexibility index (Phi) is 6.54. The summed E-state index contributed by atoms with van der Waals surface area (Å²) in [5, 5.41) is 2.86. The third-order valence-corrected chi connectivity index (χ3v) is 4.19. The molecule has 0 saturated carbocycles. The molecule has 0 spiro atoms. The zero-order valence-electron chi connectivity index (χ0n) is 11.6. The second kappa shape index (κ2) is 7.67. The lowest BCUT2D eigenvalue weighted by Crippen LogP contribution is -2.48. The lowest BCUT2D eigenvalue weighted by atomic mass is 9.98. The monoisotopic (exact) mass is 272 g/mol. The van der Waals surface area contributed by atoms with Crippen molar-refractivity contribution in [3.63, 3.8) is 0 Å². The molecule has 1 aliphatic heterocycles. The summed E-state index contributed by atoms with van der Waals surface area (Å²) in [6.07, 6.45) is 4.39. The van der Waals surface area contributed by atoms with Gasteiger partial charge in [-0.2, -0.15) is 11.8 Å². The van der Waals surface area contributed by atoms with E-state index < -0.39 is 0 Å². The Morgan fingerprint density at radius 1 is 1.50 bits per heavy atom. The van der Waals surface area contributed by atoms with E-state index in [9.17, 15) is 9.59 Å². The average molecular weight is 272 g/mol. The summed E-state index contributed by atoms with van der Waals surface area (Å²) >= 11 is 1.79. The molecule has 4 nitrogen and oxygen atoms in total. The lowest BCUT2D eigenvalue weighted by molar-refractivity contribution is -0.134. The smallest absolute Gasteiger partial charge is 0.245 e. The highest BCUT2D eigenvalue weighted by atomic mass is 32.2. The number of nitrogens with zero attached hydrogens (tertiary/aromatic N) is 1. The minimum atomic E-state index is -0.334. The van der Waals surface area contributed by atoms with Crippen molar-refractivity contribution in [2.24, 2.45) is 5.92 Å². The molecule has 1 N–H and O–H groups in total. The summed E-state index contributed by atoms with van der Waals surface area (Å²) in [6.45, 7) is 5.40. The fourth-order valence-electron chi connectivity index (χ4n) is 2.09. The van der Waals surface area contributed by atoms with E-state index in [1.165, 1.54) is 0 Å². The van der Waals surface area contributed by atoms with Gasteiger partial charge in [0.1, 0.15) is 6.04 Å². The number of hydrogen-bond donors (Lipinski definition) is 1. The van der Waals surface area contributed by atoms with Crippen molar-refractivity contribution < 1.29 is 9.59 Å². The summed E-state index contributed by atoms with van der Waals surface area (Å²) in [4.78, 5) is 25.9. The van der Waals surface area contributed by atoms with Crippen molar-refractivity contribution in [1.29, 1.82) is 0 Å². The Hall–Kier alpha value is -0.710. The van der Waals surface area contributed by atoms with E-state index in [0.717, 1.165) is 25.1 Å². The van der Waals surface area contributed by atoms with Gasteiger partial charge in [-0.3, -0.25) is 9.59 Å². The van der Waals surface area contributed by atoms with Crippen LogP contribution >= 0.6 is 11.8 Å². The van der Waals surface area contributed by atoms with E-state index in [0.29, 0.717) is 13.0 Å². The molecule has 2 unspecified atom stereocenters. The van der Waals surface area contributed by atoms with Gasteiger partial charge in [0.05, 0.1) is 0 Å². The van der Waals surface area contributed by atoms with Gasteiger partial charge in [0.25, 0.3) is 0 Å². The molecule has 1 rings (SSSR count). The normalized spacial score (nSPS) is 22.6. The van der Waals surface area contributed by atoms with Crippen LogP contribution in [-0.2, 0) is 9.59 Å². The first-order valence-electron chi connectivity index (χ1n) is 6.67. The largest absolute Gasteiger partial charge is 0.344 e. The lowest BCUT2D eigenvalue weighted by Gasteiger charge is -2.27. The average Bonchev–Trinajstić information content (AvgIpc) is 2.50. The molecule has 18 heavy (non-hydrogen) atoms. The Balaban J connectivity index is 2.67. The first kappa shape index (κ1) is 15.3. The molecular formula is C13H24N2O2S. The van der Waals surface area contributed by atoms with Gasteiger partial charge in [0.2, 0.25) is 11.8 Å². The van der Waals surface area contributed by atoms with Gasteiger partial charge in [0.15, 0.2) is 0 Å². The highest BCUT2D eigenvalue weighted by molar-refractivity contribution is 7.98. The van der Waals surface area contributed by atoms with E-state index >= 15 is 0 Å². The Morgan fingerprint density at radius 2 is 2.22 bits per heavy atom. The maximum absolute atomic E-state index is 12.4. The Bertz CT molecular complexity index is 297. The molecule has 5 heteroatoms.